The highest BCUT2D eigenvalue weighted by Gasteiger charge is 2.20. The van der Waals surface area contributed by atoms with Gasteiger partial charge in [0.25, 0.3) is 0 Å². The Morgan fingerprint density at radius 1 is 1.67 bits per heavy atom. The van der Waals surface area contributed by atoms with E-state index in [4.69, 9.17) is 5.73 Å². The molecule has 51 valence electrons. The molecule has 0 aromatic carbocycles. The van der Waals surface area contributed by atoms with Crippen molar-refractivity contribution in [3.05, 3.63) is 0 Å². The van der Waals surface area contributed by atoms with Gasteiger partial charge in [-0.25, -0.2) is 10.5 Å². The first-order valence-corrected chi connectivity index (χ1v) is 3.17. The fraction of sp³-hybridized carbons (Fsp3) is 0.833. The van der Waals surface area contributed by atoms with E-state index in [0.29, 0.717) is 6.61 Å². The summed E-state index contributed by atoms with van der Waals surface area (Å²) >= 11 is 0. The lowest BCUT2D eigenvalue weighted by atomic mass is 10.3. The number of hydrogen-bond acceptors (Lipinski definition) is 2. The van der Waals surface area contributed by atoms with Crippen LogP contribution in [0.25, 0.3) is 0 Å². The van der Waals surface area contributed by atoms with Crippen LogP contribution in [-0.2, 0) is 4.74 Å². The average Bonchev–Trinajstić information content (AvgIpc) is 2.48. The highest BCUT2D eigenvalue weighted by Crippen LogP contribution is 2.31. The summed E-state index contributed by atoms with van der Waals surface area (Å²) < 4.78 is 4.42. The van der Waals surface area contributed by atoms with Gasteiger partial charge in [0, 0.05) is 0 Å². The SMILES string of the molecule is [NH]C(=O)OCCC1CC1. The molecule has 0 aromatic heterocycles. The van der Waals surface area contributed by atoms with Gasteiger partial charge in [-0.1, -0.05) is 12.8 Å². The third-order valence-corrected chi connectivity index (χ3v) is 1.46. The van der Waals surface area contributed by atoms with Gasteiger partial charge < -0.3 is 4.74 Å². The van der Waals surface area contributed by atoms with Crippen molar-refractivity contribution in [2.75, 3.05) is 6.61 Å². The second kappa shape index (κ2) is 2.71. The van der Waals surface area contributed by atoms with Crippen LogP contribution in [0.1, 0.15) is 19.3 Å². The van der Waals surface area contributed by atoms with E-state index >= 15 is 0 Å². The average molecular weight is 128 g/mol. The van der Waals surface area contributed by atoms with E-state index in [2.05, 4.69) is 4.74 Å². The Bertz CT molecular complexity index is 110. The molecule has 1 radical (unpaired) electrons. The number of carbonyl (C=O) groups excluding carboxylic acids is 1. The van der Waals surface area contributed by atoms with E-state index in [1.807, 2.05) is 0 Å². The summed E-state index contributed by atoms with van der Waals surface area (Å²) in [5, 5.41) is 0. The van der Waals surface area contributed by atoms with Gasteiger partial charge in [-0.05, 0) is 12.3 Å². The lowest BCUT2D eigenvalue weighted by Gasteiger charge is -1.96. The van der Waals surface area contributed by atoms with Crippen LogP contribution in [-0.4, -0.2) is 12.7 Å². The monoisotopic (exact) mass is 128 g/mol. The van der Waals surface area contributed by atoms with Crippen LogP contribution in [0.2, 0.25) is 0 Å². The molecule has 0 aromatic rings. The number of nitrogens with one attached hydrogen (secondary N) is 1. The van der Waals surface area contributed by atoms with Crippen molar-refractivity contribution in [1.29, 1.82) is 0 Å². The lowest BCUT2D eigenvalue weighted by Crippen LogP contribution is -2.03. The molecule has 0 unspecified atom stereocenters. The maximum Gasteiger partial charge on any atom is 0.426 e. The first kappa shape index (κ1) is 6.39. The zero-order chi connectivity index (χ0) is 6.69. The Hall–Kier alpha value is -0.730. The van der Waals surface area contributed by atoms with Gasteiger partial charge in [-0.15, -0.1) is 0 Å². The molecule has 3 heteroatoms. The first-order chi connectivity index (χ1) is 4.29. The predicted octanol–water partition coefficient (Wildman–Crippen LogP) is 1.21. The Morgan fingerprint density at radius 3 is 2.78 bits per heavy atom. The van der Waals surface area contributed by atoms with Crippen molar-refractivity contribution in [3.63, 3.8) is 0 Å². The summed E-state index contributed by atoms with van der Waals surface area (Å²) in [5.41, 5.74) is 6.38. The molecule has 1 aliphatic carbocycles. The van der Waals surface area contributed by atoms with E-state index in [1.54, 1.807) is 0 Å². The van der Waals surface area contributed by atoms with Crippen LogP contribution in [0.15, 0.2) is 0 Å². The number of hydrogen-bond donors (Lipinski definition) is 0. The Kier molecular flexibility index (Phi) is 1.92. The highest BCUT2D eigenvalue weighted by molar-refractivity contribution is 5.63. The van der Waals surface area contributed by atoms with Crippen molar-refractivity contribution in [1.82, 2.24) is 5.73 Å². The van der Waals surface area contributed by atoms with E-state index in [1.165, 1.54) is 12.8 Å². The maximum absolute atomic E-state index is 9.89. The normalized spacial score (nSPS) is 17.3. The van der Waals surface area contributed by atoms with E-state index in [0.717, 1.165) is 12.3 Å². The van der Waals surface area contributed by atoms with Crippen molar-refractivity contribution >= 4 is 6.09 Å². The predicted molar refractivity (Wildman–Crippen MR) is 31.8 cm³/mol. The summed E-state index contributed by atoms with van der Waals surface area (Å²) in [6, 6.07) is 0. The third-order valence-electron chi connectivity index (χ3n) is 1.46. The molecule has 1 rings (SSSR count). The molecule has 1 N–H and O–H groups in total. The van der Waals surface area contributed by atoms with Crippen molar-refractivity contribution in [3.8, 4) is 0 Å². The molecule has 0 bridgehead atoms. The summed E-state index contributed by atoms with van der Waals surface area (Å²) in [4.78, 5) is 9.89. The van der Waals surface area contributed by atoms with Crippen molar-refractivity contribution in [2.24, 2.45) is 5.92 Å². The number of ether oxygens (including phenoxy) is 1. The van der Waals surface area contributed by atoms with Crippen LogP contribution >= 0.6 is 0 Å². The van der Waals surface area contributed by atoms with Gasteiger partial charge in [-0.2, -0.15) is 0 Å². The Labute approximate surface area is 54.2 Å². The van der Waals surface area contributed by atoms with Gasteiger partial charge in [0.15, 0.2) is 0 Å². The summed E-state index contributed by atoms with van der Waals surface area (Å²) in [6.07, 6.45) is 2.59. The fourth-order valence-corrected chi connectivity index (χ4v) is 0.725. The second-order valence-corrected chi connectivity index (χ2v) is 2.37. The molecule has 0 aliphatic heterocycles. The van der Waals surface area contributed by atoms with Gasteiger partial charge in [0.1, 0.15) is 0 Å². The van der Waals surface area contributed by atoms with Crippen LogP contribution in [0.5, 0.6) is 0 Å². The summed E-state index contributed by atoms with van der Waals surface area (Å²) in [5.74, 6) is 0.782. The zero-order valence-electron chi connectivity index (χ0n) is 5.22. The molecular weight excluding hydrogens is 118 g/mol. The summed E-state index contributed by atoms with van der Waals surface area (Å²) in [7, 11) is 0. The molecule has 1 saturated carbocycles. The minimum Gasteiger partial charge on any atom is -0.448 e. The van der Waals surface area contributed by atoms with E-state index < -0.39 is 6.09 Å². The first-order valence-electron chi connectivity index (χ1n) is 3.17. The topological polar surface area (TPSA) is 50.1 Å². The van der Waals surface area contributed by atoms with Crippen molar-refractivity contribution < 1.29 is 9.53 Å². The summed E-state index contributed by atoms with van der Waals surface area (Å²) in [6.45, 7) is 0.438. The molecule has 9 heavy (non-hydrogen) atoms. The van der Waals surface area contributed by atoms with E-state index in [-0.39, 0.29) is 0 Å². The molecular formula is C6H10NO2. The second-order valence-electron chi connectivity index (χ2n) is 2.37. The molecule has 1 amide bonds. The van der Waals surface area contributed by atoms with Gasteiger partial charge in [0.05, 0.1) is 6.61 Å². The number of amides is 1. The Balaban J connectivity index is 1.86. The number of rotatable bonds is 3. The van der Waals surface area contributed by atoms with Gasteiger partial charge >= 0.3 is 6.09 Å². The minimum atomic E-state index is -0.907. The maximum atomic E-state index is 9.89. The van der Waals surface area contributed by atoms with Gasteiger partial charge in [-0.3, -0.25) is 0 Å². The molecule has 0 saturated heterocycles. The molecule has 1 fully saturated rings. The number of carbonyl (C=O) groups is 1. The standard InChI is InChI=1S/C6H10NO2/c7-6(8)9-4-3-5-1-2-5/h5,7H,1-4H2. The molecule has 0 spiro atoms. The Morgan fingerprint density at radius 2 is 2.33 bits per heavy atom. The third kappa shape index (κ3) is 2.95. The molecule has 1 aliphatic rings. The highest BCUT2D eigenvalue weighted by atomic mass is 16.5. The zero-order valence-corrected chi connectivity index (χ0v) is 5.22. The molecule has 3 nitrogen and oxygen atoms in total. The quantitative estimate of drug-likeness (QED) is 0.573. The van der Waals surface area contributed by atoms with Gasteiger partial charge in [0.2, 0.25) is 0 Å². The van der Waals surface area contributed by atoms with Crippen LogP contribution in [0.4, 0.5) is 4.79 Å². The largest absolute Gasteiger partial charge is 0.448 e. The fourth-order valence-electron chi connectivity index (χ4n) is 0.725. The minimum absolute atomic E-state index is 0.438. The van der Waals surface area contributed by atoms with Crippen molar-refractivity contribution in [2.45, 2.75) is 19.3 Å². The molecule has 0 atom stereocenters. The van der Waals surface area contributed by atoms with Crippen LogP contribution in [0.3, 0.4) is 0 Å². The van der Waals surface area contributed by atoms with Crippen LogP contribution < -0.4 is 5.73 Å². The smallest absolute Gasteiger partial charge is 0.426 e. The van der Waals surface area contributed by atoms with Crippen LogP contribution in [0, 0.1) is 5.92 Å². The lowest BCUT2D eigenvalue weighted by molar-refractivity contribution is 0.151. The molecule has 0 heterocycles. The van der Waals surface area contributed by atoms with E-state index in [9.17, 15) is 4.79 Å².